The van der Waals surface area contributed by atoms with Crippen molar-refractivity contribution in [1.29, 1.82) is 0 Å². The van der Waals surface area contributed by atoms with Crippen molar-refractivity contribution in [2.75, 3.05) is 6.54 Å². The lowest BCUT2D eigenvalue weighted by Gasteiger charge is -2.15. The molecule has 1 nitrogen and oxygen atoms in total. The number of hydrogen-bond donors (Lipinski definition) is 1. The lowest BCUT2D eigenvalue weighted by atomic mass is 9.92. The van der Waals surface area contributed by atoms with E-state index in [0.717, 1.165) is 11.1 Å². The number of nitrogens with two attached hydrogens (primary N) is 1. The lowest BCUT2D eigenvalue weighted by Crippen LogP contribution is -2.15. The highest BCUT2D eigenvalue weighted by atomic mass is 35.5. The smallest absolute Gasteiger partial charge is 0.142 e. The Kier molecular flexibility index (Phi) is 4.51. The first kappa shape index (κ1) is 14.0. The van der Waals surface area contributed by atoms with Crippen LogP contribution in [-0.2, 0) is 6.42 Å². The van der Waals surface area contributed by atoms with Crippen LogP contribution >= 0.6 is 11.6 Å². The van der Waals surface area contributed by atoms with Crippen LogP contribution in [0.15, 0.2) is 42.5 Å². The minimum atomic E-state index is -0.450. The van der Waals surface area contributed by atoms with E-state index in [0.29, 0.717) is 13.0 Å². The largest absolute Gasteiger partial charge is 0.330 e. The molecule has 0 aliphatic heterocycles. The predicted molar refractivity (Wildman–Crippen MR) is 73.3 cm³/mol. The molecule has 2 aromatic rings. The first-order valence-electron chi connectivity index (χ1n) is 5.99. The van der Waals surface area contributed by atoms with Crippen LogP contribution in [0.25, 0.3) is 0 Å². The fourth-order valence-electron chi connectivity index (χ4n) is 2.05. The molecule has 1 atom stereocenters. The summed E-state index contributed by atoms with van der Waals surface area (Å²) in [4.78, 5) is 0. The molecule has 2 aromatic carbocycles. The summed E-state index contributed by atoms with van der Waals surface area (Å²) in [7, 11) is 0. The second-order valence-corrected chi connectivity index (χ2v) is 4.85. The van der Waals surface area contributed by atoms with E-state index in [-0.39, 0.29) is 16.8 Å². The van der Waals surface area contributed by atoms with Gasteiger partial charge in [0.15, 0.2) is 0 Å². The van der Waals surface area contributed by atoms with Crippen molar-refractivity contribution < 1.29 is 8.78 Å². The molecule has 4 heteroatoms. The third-order valence-electron chi connectivity index (χ3n) is 3.07. The van der Waals surface area contributed by atoms with Gasteiger partial charge in [0.05, 0.1) is 5.02 Å². The zero-order valence-electron chi connectivity index (χ0n) is 10.2. The zero-order chi connectivity index (χ0) is 13.8. The highest BCUT2D eigenvalue weighted by Crippen LogP contribution is 2.23. The summed E-state index contributed by atoms with van der Waals surface area (Å²) in [6, 6.07) is 11.0. The molecule has 0 saturated carbocycles. The van der Waals surface area contributed by atoms with Gasteiger partial charge >= 0.3 is 0 Å². The van der Waals surface area contributed by atoms with Crippen LogP contribution in [0.5, 0.6) is 0 Å². The Morgan fingerprint density at radius 1 is 1.11 bits per heavy atom. The minimum absolute atomic E-state index is 0.0451. The normalized spacial score (nSPS) is 12.4. The molecule has 0 saturated heterocycles. The summed E-state index contributed by atoms with van der Waals surface area (Å²) >= 11 is 5.64. The van der Waals surface area contributed by atoms with E-state index >= 15 is 0 Å². The zero-order valence-corrected chi connectivity index (χ0v) is 11.0. The van der Waals surface area contributed by atoms with Crippen LogP contribution in [0.2, 0.25) is 5.02 Å². The molecule has 0 bridgehead atoms. The molecular weight excluding hydrogens is 268 g/mol. The third kappa shape index (κ3) is 3.52. The highest BCUT2D eigenvalue weighted by Gasteiger charge is 2.12. The highest BCUT2D eigenvalue weighted by molar-refractivity contribution is 6.30. The van der Waals surface area contributed by atoms with Crippen molar-refractivity contribution in [3.8, 4) is 0 Å². The van der Waals surface area contributed by atoms with E-state index in [4.69, 9.17) is 17.3 Å². The Bertz CT molecular complexity index is 572. The maximum absolute atomic E-state index is 13.4. The van der Waals surface area contributed by atoms with Gasteiger partial charge in [0.2, 0.25) is 0 Å². The van der Waals surface area contributed by atoms with Gasteiger partial charge in [-0.1, -0.05) is 29.8 Å². The molecule has 0 fully saturated rings. The van der Waals surface area contributed by atoms with Gasteiger partial charge in [-0.2, -0.15) is 0 Å². The molecule has 1 unspecified atom stereocenters. The molecule has 2 N–H and O–H groups in total. The van der Waals surface area contributed by atoms with Crippen molar-refractivity contribution in [1.82, 2.24) is 0 Å². The summed E-state index contributed by atoms with van der Waals surface area (Å²) in [5.74, 6) is -0.788. The van der Waals surface area contributed by atoms with Gasteiger partial charge in [-0.15, -0.1) is 0 Å². The van der Waals surface area contributed by atoms with Gasteiger partial charge in [-0.25, -0.2) is 8.78 Å². The molecular formula is C15H14ClF2N. The topological polar surface area (TPSA) is 26.0 Å². The van der Waals surface area contributed by atoms with Gasteiger partial charge in [0.1, 0.15) is 11.6 Å². The summed E-state index contributed by atoms with van der Waals surface area (Å²) in [5.41, 5.74) is 7.34. The van der Waals surface area contributed by atoms with Crippen molar-refractivity contribution in [3.63, 3.8) is 0 Å². The Morgan fingerprint density at radius 3 is 2.53 bits per heavy atom. The Balaban J connectivity index is 2.21. The summed E-state index contributed by atoms with van der Waals surface area (Å²) in [6.45, 7) is 0.369. The maximum atomic E-state index is 13.4. The molecule has 0 spiro atoms. The summed E-state index contributed by atoms with van der Waals surface area (Å²) < 4.78 is 26.6. The number of hydrogen-bond acceptors (Lipinski definition) is 1. The van der Waals surface area contributed by atoms with Gasteiger partial charge in [0, 0.05) is 5.92 Å². The molecule has 0 amide bonds. The van der Waals surface area contributed by atoms with E-state index in [9.17, 15) is 8.78 Å². The van der Waals surface area contributed by atoms with Gasteiger partial charge in [-0.05, 0) is 48.4 Å². The van der Waals surface area contributed by atoms with E-state index in [1.54, 1.807) is 12.1 Å². The van der Waals surface area contributed by atoms with E-state index in [1.165, 1.54) is 24.3 Å². The molecule has 0 heterocycles. The number of benzene rings is 2. The Hall–Kier alpha value is -1.45. The molecule has 19 heavy (non-hydrogen) atoms. The monoisotopic (exact) mass is 281 g/mol. The summed E-state index contributed by atoms with van der Waals surface area (Å²) in [5, 5.41) is 0.0961. The molecule has 100 valence electrons. The quantitative estimate of drug-likeness (QED) is 0.904. The van der Waals surface area contributed by atoms with Crippen molar-refractivity contribution >= 4 is 11.6 Å². The minimum Gasteiger partial charge on any atom is -0.330 e. The summed E-state index contributed by atoms with van der Waals surface area (Å²) in [6.07, 6.45) is 0.550. The molecule has 0 radical (unpaired) electrons. The lowest BCUT2D eigenvalue weighted by molar-refractivity contribution is 0.611. The van der Waals surface area contributed by atoms with Gasteiger partial charge in [-0.3, -0.25) is 0 Å². The molecule has 0 aliphatic carbocycles. The van der Waals surface area contributed by atoms with Crippen LogP contribution in [-0.4, -0.2) is 6.54 Å². The second kappa shape index (κ2) is 6.13. The van der Waals surface area contributed by atoms with Gasteiger partial charge in [0.25, 0.3) is 0 Å². The van der Waals surface area contributed by atoms with E-state index < -0.39 is 5.82 Å². The maximum Gasteiger partial charge on any atom is 0.142 e. The van der Waals surface area contributed by atoms with Crippen LogP contribution < -0.4 is 5.73 Å². The van der Waals surface area contributed by atoms with Crippen molar-refractivity contribution in [2.24, 2.45) is 5.73 Å². The number of halogens is 3. The Morgan fingerprint density at radius 2 is 1.89 bits per heavy atom. The van der Waals surface area contributed by atoms with Crippen LogP contribution in [0.4, 0.5) is 8.78 Å². The molecule has 2 rings (SSSR count). The third-order valence-corrected chi connectivity index (χ3v) is 3.38. The fourth-order valence-corrected chi connectivity index (χ4v) is 2.17. The predicted octanol–water partition coefficient (Wildman–Crippen LogP) is 3.90. The van der Waals surface area contributed by atoms with E-state index in [1.807, 2.05) is 6.07 Å². The first-order chi connectivity index (χ1) is 9.10. The Labute approximate surface area is 116 Å². The van der Waals surface area contributed by atoms with Crippen LogP contribution in [0.3, 0.4) is 0 Å². The SMILES string of the molecule is NCC(Cc1ccc(Cl)c(F)c1)c1cccc(F)c1. The van der Waals surface area contributed by atoms with Crippen molar-refractivity contribution in [3.05, 3.63) is 70.2 Å². The van der Waals surface area contributed by atoms with Gasteiger partial charge < -0.3 is 5.73 Å². The first-order valence-corrected chi connectivity index (χ1v) is 6.37. The van der Waals surface area contributed by atoms with Crippen molar-refractivity contribution in [2.45, 2.75) is 12.3 Å². The average Bonchev–Trinajstić information content (AvgIpc) is 2.40. The molecule has 0 aromatic heterocycles. The standard InChI is InChI=1S/C15H14ClF2N/c16-14-5-4-10(7-15(14)18)6-12(9-19)11-2-1-3-13(17)8-11/h1-5,7-8,12H,6,9,19H2. The number of rotatable bonds is 4. The fraction of sp³-hybridized carbons (Fsp3) is 0.200. The van der Waals surface area contributed by atoms with E-state index in [2.05, 4.69) is 0 Å². The van der Waals surface area contributed by atoms with Crippen LogP contribution in [0.1, 0.15) is 17.0 Å². The molecule has 0 aliphatic rings. The average molecular weight is 282 g/mol. The van der Waals surface area contributed by atoms with Crippen LogP contribution in [0, 0.1) is 11.6 Å². The second-order valence-electron chi connectivity index (χ2n) is 4.44.